The summed E-state index contributed by atoms with van der Waals surface area (Å²) in [5, 5.41) is 2.67. The minimum absolute atomic E-state index is 0.0602. The average Bonchev–Trinajstić information content (AvgIpc) is 2.97. The van der Waals surface area contributed by atoms with Crippen LogP contribution < -0.4 is 15.0 Å². The largest absolute Gasteiger partial charge is 0.497 e. The molecule has 1 unspecified atom stereocenters. The Morgan fingerprint density at radius 3 is 2.42 bits per heavy atom. The zero-order valence-corrected chi connectivity index (χ0v) is 14.3. The smallest absolute Gasteiger partial charge is 0.238 e. The minimum atomic E-state index is -0.119. The van der Waals surface area contributed by atoms with Gasteiger partial charge < -0.3 is 10.1 Å². The fraction of sp³-hybridized carbons (Fsp3) is 0.222. The molecule has 2 aromatic rings. The zero-order chi connectivity index (χ0) is 17.1. The van der Waals surface area contributed by atoms with Gasteiger partial charge in [0, 0.05) is 18.3 Å². The van der Waals surface area contributed by atoms with Crippen LogP contribution in [0.1, 0.15) is 17.9 Å². The van der Waals surface area contributed by atoms with Crippen LogP contribution in [0.2, 0.25) is 0 Å². The van der Waals surface area contributed by atoms with Gasteiger partial charge in [-0.05, 0) is 42.0 Å². The highest BCUT2D eigenvalue weighted by atomic mass is 32.2. The predicted molar refractivity (Wildman–Crippen MR) is 96.4 cm³/mol. The Hall–Kier alpha value is -2.47. The maximum absolute atomic E-state index is 12.4. The van der Waals surface area contributed by atoms with Crippen molar-refractivity contribution in [3.05, 3.63) is 54.1 Å². The van der Waals surface area contributed by atoms with Crippen molar-refractivity contribution in [2.75, 3.05) is 23.1 Å². The van der Waals surface area contributed by atoms with Gasteiger partial charge in [0.25, 0.3) is 0 Å². The van der Waals surface area contributed by atoms with Crippen molar-refractivity contribution in [1.29, 1.82) is 0 Å². The molecule has 1 atom stereocenters. The van der Waals surface area contributed by atoms with Crippen molar-refractivity contribution >= 4 is 35.0 Å². The van der Waals surface area contributed by atoms with Gasteiger partial charge in [-0.25, -0.2) is 0 Å². The lowest BCUT2D eigenvalue weighted by atomic mass is 10.1. The second kappa shape index (κ2) is 6.97. The molecule has 3 rings (SSSR count). The number of rotatable bonds is 4. The fourth-order valence-corrected chi connectivity index (χ4v) is 3.80. The molecule has 0 radical (unpaired) electrons. The molecule has 0 bridgehead atoms. The molecule has 1 N–H and O–H groups in total. The normalized spacial score (nSPS) is 17.0. The number of thioether (sulfide) groups is 1. The molecule has 1 aliphatic rings. The molecule has 1 saturated heterocycles. The summed E-state index contributed by atoms with van der Waals surface area (Å²) >= 11 is 1.60. The summed E-state index contributed by atoms with van der Waals surface area (Å²) in [6.07, 6.45) is 0. The number of amides is 2. The molecular weight excluding hydrogens is 324 g/mol. The Morgan fingerprint density at radius 2 is 1.83 bits per heavy atom. The summed E-state index contributed by atoms with van der Waals surface area (Å²) in [5.74, 6) is 1.20. The molecule has 0 spiro atoms. The second-order valence-corrected chi connectivity index (χ2v) is 6.50. The third kappa shape index (κ3) is 3.38. The summed E-state index contributed by atoms with van der Waals surface area (Å²) in [4.78, 5) is 25.3. The highest BCUT2D eigenvalue weighted by molar-refractivity contribution is 8.00. The number of nitrogens with one attached hydrogen (secondary N) is 1. The summed E-state index contributed by atoms with van der Waals surface area (Å²) < 4.78 is 5.19. The number of benzene rings is 2. The molecule has 0 aromatic heterocycles. The number of methoxy groups -OCH3 is 1. The van der Waals surface area contributed by atoms with Gasteiger partial charge in [-0.2, -0.15) is 0 Å². The third-order valence-electron chi connectivity index (χ3n) is 3.73. The summed E-state index contributed by atoms with van der Waals surface area (Å²) in [5.41, 5.74) is 2.59. The first-order valence-electron chi connectivity index (χ1n) is 7.54. The monoisotopic (exact) mass is 342 g/mol. The zero-order valence-electron chi connectivity index (χ0n) is 13.5. The van der Waals surface area contributed by atoms with Crippen molar-refractivity contribution in [2.24, 2.45) is 0 Å². The molecule has 1 aliphatic heterocycles. The molecular formula is C18H18N2O3S. The number of hydrogen-bond donors (Lipinski definition) is 1. The molecule has 1 heterocycles. The second-order valence-electron chi connectivity index (χ2n) is 5.43. The molecule has 0 saturated carbocycles. The van der Waals surface area contributed by atoms with Crippen LogP contribution in [0.25, 0.3) is 0 Å². The number of ether oxygens (including phenoxy) is 1. The maximum Gasteiger partial charge on any atom is 0.238 e. The van der Waals surface area contributed by atoms with Crippen LogP contribution in [0.15, 0.2) is 48.5 Å². The minimum Gasteiger partial charge on any atom is -0.497 e. The van der Waals surface area contributed by atoms with Gasteiger partial charge in [-0.15, -0.1) is 11.8 Å². The fourth-order valence-electron chi connectivity index (χ4n) is 2.63. The van der Waals surface area contributed by atoms with Gasteiger partial charge in [-0.3, -0.25) is 14.5 Å². The van der Waals surface area contributed by atoms with E-state index in [2.05, 4.69) is 5.32 Å². The number of carbonyl (C=O) groups is 2. The van der Waals surface area contributed by atoms with Crippen molar-refractivity contribution in [3.63, 3.8) is 0 Å². The van der Waals surface area contributed by atoms with Crippen LogP contribution >= 0.6 is 11.8 Å². The summed E-state index contributed by atoms with van der Waals surface area (Å²) in [7, 11) is 1.63. The third-order valence-corrected chi connectivity index (χ3v) is 4.95. The molecule has 5 nitrogen and oxygen atoms in total. The van der Waals surface area contributed by atoms with Crippen molar-refractivity contribution in [3.8, 4) is 5.75 Å². The van der Waals surface area contributed by atoms with E-state index in [-0.39, 0.29) is 17.2 Å². The van der Waals surface area contributed by atoms with Crippen molar-refractivity contribution in [1.82, 2.24) is 0 Å². The first-order chi connectivity index (χ1) is 11.6. The Labute approximate surface area is 145 Å². The van der Waals surface area contributed by atoms with E-state index in [1.165, 1.54) is 6.92 Å². The maximum atomic E-state index is 12.4. The van der Waals surface area contributed by atoms with E-state index < -0.39 is 0 Å². The van der Waals surface area contributed by atoms with Crippen LogP contribution in [0.4, 0.5) is 11.4 Å². The molecule has 0 aliphatic carbocycles. The Kier molecular flexibility index (Phi) is 4.76. The van der Waals surface area contributed by atoms with E-state index in [0.717, 1.165) is 17.0 Å². The number of anilines is 2. The van der Waals surface area contributed by atoms with Gasteiger partial charge in [-0.1, -0.05) is 12.1 Å². The molecule has 1 fully saturated rings. The van der Waals surface area contributed by atoms with E-state index in [1.807, 2.05) is 36.4 Å². The lowest BCUT2D eigenvalue weighted by Gasteiger charge is -2.24. The highest BCUT2D eigenvalue weighted by Crippen LogP contribution is 2.42. The lowest BCUT2D eigenvalue weighted by Crippen LogP contribution is -2.27. The number of nitrogens with zero attached hydrogens (tertiary/aromatic N) is 1. The van der Waals surface area contributed by atoms with Gasteiger partial charge in [0.05, 0.1) is 12.9 Å². The van der Waals surface area contributed by atoms with Gasteiger partial charge in [0.15, 0.2) is 0 Å². The van der Waals surface area contributed by atoms with E-state index in [4.69, 9.17) is 4.74 Å². The molecule has 2 amide bonds. The van der Waals surface area contributed by atoms with Crippen LogP contribution in [0.3, 0.4) is 0 Å². The lowest BCUT2D eigenvalue weighted by molar-refractivity contribution is -0.116. The van der Waals surface area contributed by atoms with E-state index in [1.54, 1.807) is 35.9 Å². The van der Waals surface area contributed by atoms with E-state index >= 15 is 0 Å². The summed E-state index contributed by atoms with van der Waals surface area (Å²) in [6, 6.07) is 15.1. The average molecular weight is 342 g/mol. The number of carbonyl (C=O) groups excluding carboxylic acids is 2. The Morgan fingerprint density at radius 1 is 1.17 bits per heavy atom. The van der Waals surface area contributed by atoms with Crippen LogP contribution in [-0.2, 0) is 9.59 Å². The van der Waals surface area contributed by atoms with Crippen LogP contribution in [0.5, 0.6) is 5.75 Å². The highest BCUT2D eigenvalue weighted by Gasteiger charge is 2.33. The standard InChI is InChI=1S/C18H18N2O3S/c1-12(21)19-14-5-7-15(8-6-14)20-17(22)11-24-18(20)13-3-9-16(23-2)10-4-13/h3-10,18H,11H2,1-2H3,(H,19,21). The number of hydrogen-bond acceptors (Lipinski definition) is 4. The molecule has 2 aromatic carbocycles. The van der Waals surface area contributed by atoms with E-state index in [0.29, 0.717) is 11.4 Å². The van der Waals surface area contributed by atoms with Crippen LogP contribution in [0, 0.1) is 0 Å². The Balaban J connectivity index is 1.86. The molecule has 24 heavy (non-hydrogen) atoms. The van der Waals surface area contributed by atoms with Gasteiger partial charge >= 0.3 is 0 Å². The Bertz CT molecular complexity index is 744. The predicted octanol–water partition coefficient (Wildman–Crippen LogP) is 3.43. The topological polar surface area (TPSA) is 58.6 Å². The van der Waals surface area contributed by atoms with E-state index in [9.17, 15) is 9.59 Å². The van der Waals surface area contributed by atoms with Crippen molar-refractivity contribution < 1.29 is 14.3 Å². The molecule has 6 heteroatoms. The van der Waals surface area contributed by atoms with Gasteiger partial charge in [0.1, 0.15) is 11.1 Å². The quantitative estimate of drug-likeness (QED) is 0.925. The van der Waals surface area contributed by atoms with Gasteiger partial charge in [0.2, 0.25) is 11.8 Å². The SMILES string of the molecule is COc1ccc(C2SCC(=O)N2c2ccc(NC(C)=O)cc2)cc1. The van der Waals surface area contributed by atoms with Crippen LogP contribution in [-0.4, -0.2) is 24.7 Å². The molecule has 124 valence electrons. The first kappa shape index (κ1) is 16.4. The van der Waals surface area contributed by atoms with Crippen molar-refractivity contribution in [2.45, 2.75) is 12.3 Å². The summed E-state index contributed by atoms with van der Waals surface area (Å²) in [6.45, 7) is 1.47. The first-order valence-corrected chi connectivity index (χ1v) is 8.58.